The van der Waals surface area contributed by atoms with E-state index in [0.29, 0.717) is 70.1 Å². The zero-order valence-corrected chi connectivity index (χ0v) is 57.4. The second-order valence-corrected chi connectivity index (χ2v) is 24.0. The van der Waals surface area contributed by atoms with Crippen LogP contribution in [0.3, 0.4) is 0 Å². The summed E-state index contributed by atoms with van der Waals surface area (Å²) in [7, 11) is 22.1. The van der Waals surface area contributed by atoms with Gasteiger partial charge in [0.15, 0.2) is 0 Å². The molecule has 1 heterocycles. The summed E-state index contributed by atoms with van der Waals surface area (Å²) >= 11 is 0. The van der Waals surface area contributed by atoms with E-state index in [4.69, 9.17) is 93.0 Å². The predicted octanol–water partition coefficient (Wildman–Crippen LogP) is 12.0. The highest BCUT2D eigenvalue weighted by Crippen LogP contribution is 2.22. The summed E-state index contributed by atoms with van der Waals surface area (Å²) in [5, 5.41) is 2.76. The van der Waals surface area contributed by atoms with Crippen molar-refractivity contribution in [1.82, 2.24) is 5.32 Å². The molecular formula is C62H129B4NO14. The van der Waals surface area contributed by atoms with E-state index in [2.05, 4.69) is 74.6 Å². The number of carbonyl (C=O) groups excluding carboxylic acids is 1. The van der Waals surface area contributed by atoms with Gasteiger partial charge >= 0.3 is 0 Å². The van der Waals surface area contributed by atoms with Gasteiger partial charge < -0.3 is 66.9 Å². The zero-order chi connectivity index (χ0) is 63.8. The first-order valence-electron chi connectivity index (χ1n) is 30.9. The van der Waals surface area contributed by atoms with Crippen LogP contribution in [0.5, 0.6) is 0 Å². The van der Waals surface area contributed by atoms with Gasteiger partial charge in [-0.2, -0.15) is 0 Å². The van der Waals surface area contributed by atoms with Crippen LogP contribution in [-0.4, -0.2) is 205 Å². The van der Waals surface area contributed by atoms with Crippen molar-refractivity contribution in [2.45, 2.75) is 353 Å². The van der Waals surface area contributed by atoms with Gasteiger partial charge in [0.05, 0.1) is 173 Å². The molecule has 0 aromatic rings. The molecule has 7 atom stereocenters. The average molecular weight is 1160 g/mol. The Morgan fingerprint density at radius 3 is 1.15 bits per heavy atom. The number of carbonyl (C=O) groups is 1. The average Bonchev–Trinajstić information content (AvgIpc) is 3.67. The Hall–Kier alpha value is -0.790. The van der Waals surface area contributed by atoms with E-state index in [1.807, 2.05) is 118 Å². The molecular weight excluding hydrogens is 1030 g/mol. The van der Waals surface area contributed by atoms with E-state index in [1.54, 1.807) is 0 Å². The molecule has 1 N–H and O–H groups in total. The Kier molecular flexibility index (Phi) is 61.3. The summed E-state index contributed by atoms with van der Waals surface area (Å²) in [6.45, 7) is 58.6. The molecule has 1 aliphatic rings. The summed E-state index contributed by atoms with van der Waals surface area (Å²) in [6, 6.07) is -0.498. The summed E-state index contributed by atoms with van der Waals surface area (Å²) in [5.74, 6) is -0.190. The van der Waals surface area contributed by atoms with Crippen molar-refractivity contribution in [3.05, 3.63) is 0 Å². The molecule has 8 radical (unpaired) electrons. The Morgan fingerprint density at radius 1 is 0.494 bits per heavy atom. The molecule has 1 amide bonds. The minimum atomic E-state index is -0.360. The molecule has 19 heteroatoms. The molecule has 81 heavy (non-hydrogen) atoms. The molecule has 15 nitrogen and oxygen atoms in total. The van der Waals surface area contributed by atoms with Crippen molar-refractivity contribution in [3.8, 4) is 0 Å². The molecule has 0 spiro atoms. The van der Waals surface area contributed by atoms with Crippen LogP contribution in [0, 0.1) is 0 Å². The first kappa shape index (κ1) is 89.0. The van der Waals surface area contributed by atoms with E-state index >= 15 is 0 Å². The second kappa shape index (κ2) is 55.8. The van der Waals surface area contributed by atoms with E-state index in [9.17, 15) is 4.79 Å². The molecule has 1 rings (SSSR count). The van der Waals surface area contributed by atoms with Crippen molar-refractivity contribution in [2.75, 3.05) is 46.2 Å². The molecule has 1 saturated heterocycles. The van der Waals surface area contributed by atoms with Crippen LogP contribution >= 0.6 is 0 Å². The Balaban J connectivity index is -0.000000286. The van der Waals surface area contributed by atoms with Crippen LogP contribution in [0.25, 0.3) is 0 Å². The number of ether oxygens (including phenoxy) is 13. The Labute approximate surface area is 506 Å². The van der Waals surface area contributed by atoms with Crippen molar-refractivity contribution in [3.63, 3.8) is 0 Å². The maximum atomic E-state index is 11.2. The lowest BCUT2D eigenvalue weighted by atomic mass is 9.88. The molecule has 0 aromatic heterocycles. The first-order chi connectivity index (χ1) is 37.5. The standard InChI is InChI=1S/C11H22BNO3.2C11H24O2.C10H19BO3.C10H21BO2.C9H19BO2/c1-8(2)15-6-10(7-16-9(3)4)13-11(14)5-12;2*1-6-7-11(13-10(4)5)8-12-9(2)3;1-6(2)13-8-5-12-10(11)9(8)14-7(3)4;1-8(2)12-7-10(5,6-11)13-9(3)4;1-7(2)11-6-9(5-10)12-8(3)4/h8-10H,5-7H2,1-4H3,(H,13,14);2*9-11H,6-8H2,1-5H3;6-10H,5H2,1-4H3;8-9H,6-7H2,1-5H3;7-9H,5-6H2,1-4H3/t;;;8?,9-,10+;;/m...0../s1. The number of amides is 1. The van der Waals surface area contributed by atoms with Gasteiger partial charge in [0.1, 0.15) is 20.1 Å². The van der Waals surface area contributed by atoms with Gasteiger partial charge in [-0.3, -0.25) is 4.79 Å². The zero-order valence-electron chi connectivity index (χ0n) is 57.4. The highest BCUT2D eigenvalue weighted by atomic mass is 16.6. The van der Waals surface area contributed by atoms with Crippen LogP contribution in [0.1, 0.15) is 213 Å². The van der Waals surface area contributed by atoms with Crippen LogP contribution < -0.4 is 5.32 Å². The van der Waals surface area contributed by atoms with Crippen molar-refractivity contribution < 1.29 is 66.4 Å². The molecule has 0 aromatic carbocycles. The van der Waals surface area contributed by atoms with E-state index in [-0.39, 0.29) is 109 Å². The van der Waals surface area contributed by atoms with Gasteiger partial charge in [-0.15, -0.1) is 0 Å². The molecule has 0 aliphatic carbocycles. The van der Waals surface area contributed by atoms with Gasteiger partial charge in [-0.25, -0.2) is 0 Å². The maximum Gasteiger partial charge on any atom is 0.211 e. The normalized spacial score (nSPS) is 17.3. The topological polar surface area (TPSA) is 149 Å². The third-order valence-electron chi connectivity index (χ3n) is 10.2. The largest absolute Gasteiger partial charge is 0.382 e. The smallest absolute Gasteiger partial charge is 0.211 e. The number of hydrogen-bond donors (Lipinski definition) is 1. The lowest BCUT2D eigenvalue weighted by molar-refractivity contribution is -0.121. The summed E-state index contributed by atoms with van der Waals surface area (Å²) < 4.78 is 72.1. The highest BCUT2D eigenvalue weighted by molar-refractivity contribution is 6.19. The monoisotopic (exact) mass is 1160 g/mol. The van der Waals surface area contributed by atoms with Crippen molar-refractivity contribution >= 4 is 37.3 Å². The second-order valence-electron chi connectivity index (χ2n) is 24.0. The van der Waals surface area contributed by atoms with Crippen molar-refractivity contribution in [1.29, 1.82) is 0 Å². The third kappa shape index (κ3) is 65.0. The molecule has 0 saturated carbocycles. The van der Waals surface area contributed by atoms with Crippen LogP contribution in [0.2, 0.25) is 19.0 Å². The van der Waals surface area contributed by atoms with E-state index < -0.39 is 0 Å². The Bertz CT molecular complexity index is 1300. The van der Waals surface area contributed by atoms with Gasteiger partial charge in [0.25, 0.3) is 0 Å². The number of rotatable bonds is 38. The molecule has 1 aliphatic heterocycles. The lowest BCUT2D eigenvalue weighted by Gasteiger charge is -2.31. The first-order valence-corrected chi connectivity index (χ1v) is 30.9. The van der Waals surface area contributed by atoms with Crippen LogP contribution in [0.15, 0.2) is 0 Å². The van der Waals surface area contributed by atoms with Crippen LogP contribution in [0.4, 0.5) is 0 Å². The van der Waals surface area contributed by atoms with E-state index in [1.165, 1.54) is 0 Å². The minimum Gasteiger partial charge on any atom is -0.382 e. The minimum absolute atomic E-state index is 0.0140. The highest BCUT2D eigenvalue weighted by Gasteiger charge is 2.37. The number of nitrogens with one attached hydrogen (secondary N) is 1. The third-order valence-corrected chi connectivity index (χ3v) is 10.2. The summed E-state index contributed by atoms with van der Waals surface area (Å²) in [4.78, 5) is 11.2. The number of hydrogen-bond acceptors (Lipinski definition) is 14. The van der Waals surface area contributed by atoms with Gasteiger partial charge in [-0.05, 0) is 192 Å². The molecule has 5 unspecified atom stereocenters. The van der Waals surface area contributed by atoms with Gasteiger partial charge in [0.2, 0.25) is 5.91 Å². The lowest BCUT2D eigenvalue weighted by Crippen LogP contribution is -2.42. The molecule has 0 bridgehead atoms. The maximum absolute atomic E-state index is 11.2. The predicted molar refractivity (Wildman–Crippen MR) is 340 cm³/mol. The van der Waals surface area contributed by atoms with Crippen LogP contribution in [-0.2, 0) is 66.4 Å². The molecule has 478 valence electrons. The fourth-order valence-corrected chi connectivity index (χ4v) is 6.88. The Morgan fingerprint density at radius 2 is 0.852 bits per heavy atom. The SMILES string of the molecule is CCCC(COC(C)C)OC(C)C.CCCC(COC(C)C)OC(C)C.[B]CC(=O)NC(COC(C)C)COC(C)C.[B]CC(C)(COC(C)C)OC(C)C.[B]CC(COC(C)C)OC(C)C.[B][C@@H]1OCC(OC(C)C)[C@@H]1OC(C)C. The fourth-order valence-electron chi connectivity index (χ4n) is 6.88. The summed E-state index contributed by atoms with van der Waals surface area (Å²) in [6.07, 6.45) is 8.53. The van der Waals surface area contributed by atoms with Gasteiger partial charge in [0, 0.05) is 6.00 Å². The quantitative estimate of drug-likeness (QED) is 0.0584. The van der Waals surface area contributed by atoms with Crippen molar-refractivity contribution in [2.24, 2.45) is 0 Å². The van der Waals surface area contributed by atoms with Gasteiger partial charge in [-0.1, -0.05) is 39.3 Å². The summed E-state index contributed by atoms with van der Waals surface area (Å²) in [5.41, 5.74) is -0.349. The fraction of sp³-hybridized carbons (Fsp3) is 0.984. The molecule has 1 fully saturated rings. The van der Waals surface area contributed by atoms with E-state index in [0.717, 1.165) is 38.9 Å².